The third-order valence-electron chi connectivity index (χ3n) is 5.41. The van der Waals surface area contributed by atoms with Crippen molar-refractivity contribution in [1.29, 1.82) is 0 Å². The third kappa shape index (κ3) is 6.92. The van der Waals surface area contributed by atoms with Crippen LogP contribution < -0.4 is 20.5 Å². The van der Waals surface area contributed by atoms with Crippen molar-refractivity contribution in [2.45, 2.75) is 17.4 Å². The number of aromatic nitrogens is 1. The highest BCUT2D eigenvalue weighted by atomic mass is 32.2. The van der Waals surface area contributed by atoms with Crippen molar-refractivity contribution in [2.75, 3.05) is 30.2 Å². The number of nitrogen functional groups attached to an aromatic ring is 1. The monoisotopic (exact) mass is 492 g/mol. The second-order valence-corrected chi connectivity index (χ2v) is 9.83. The van der Waals surface area contributed by atoms with Crippen molar-refractivity contribution in [3.8, 4) is 5.75 Å². The Hall–Kier alpha value is -3.66. The maximum atomic E-state index is 12.8. The number of nitrogens with zero attached hydrogens (tertiary/aromatic N) is 1. The van der Waals surface area contributed by atoms with Gasteiger partial charge in [-0.15, -0.1) is 0 Å². The van der Waals surface area contributed by atoms with Crippen LogP contribution in [-0.4, -0.2) is 44.3 Å². The van der Waals surface area contributed by atoms with Gasteiger partial charge in [0.05, 0.1) is 11.1 Å². The van der Waals surface area contributed by atoms with Crippen LogP contribution in [0.1, 0.15) is 5.56 Å². The van der Waals surface area contributed by atoms with Crippen LogP contribution in [0.15, 0.2) is 90.0 Å². The summed E-state index contributed by atoms with van der Waals surface area (Å²) in [7, 11) is -3.69. The summed E-state index contributed by atoms with van der Waals surface area (Å²) < 4.78 is 33.7. The summed E-state index contributed by atoms with van der Waals surface area (Å²) in [5.74, 6) is 0.963. The van der Waals surface area contributed by atoms with Gasteiger partial charge in [-0.2, -0.15) is 0 Å². The van der Waals surface area contributed by atoms with Crippen molar-refractivity contribution < 1.29 is 18.3 Å². The van der Waals surface area contributed by atoms with Gasteiger partial charge in [-0.1, -0.05) is 42.5 Å². The zero-order chi connectivity index (χ0) is 24.7. The number of nitrogens with one attached hydrogen (secondary N) is 2. The number of ether oxygens (including phenoxy) is 1. The highest BCUT2D eigenvalue weighted by Gasteiger charge is 2.14. The van der Waals surface area contributed by atoms with Gasteiger partial charge in [-0.05, 0) is 65.7 Å². The summed E-state index contributed by atoms with van der Waals surface area (Å²) in [6.07, 6.45) is 1.58. The van der Waals surface area contributed by atoms with E-state index in [9.17, 15) is 13.5 Å². The van der Waals surface area contributed by atoms with E-state index in [1.807, 2.05) is 36.4 Å². The highest BCUT2D eigenvalue weighted by molar-refractivity contribution is 7.92. The molecule has 0 radical (unpaired) electrons. The molecule has 9 heteroatoms. The predicted molar refractivity (Wildman–Crippen MR) is 138 cm³/mol. The van der Waals surface area contributed by atoms with Gasteiger partial charge < -0.3 is 20.9 Å². The molecule has 1 atom stereocenters. The predicted octanol–water partition coefficient (Wildman–Crippen LogP) is 3.19. The summed E-state index contributed by atoms with van der Waals surface area (Å²) in [5, 5.41) is 15.1. The third-order valence-corrected chi connectivity index (χ3v) is 6.79. The van der Waals surface area contributed by atoms with Crippen molar-refractivity contribution in [3.63, 3.8) is 0 Å². The average Bonchev–Trinajstić information content (AvgIpc) is 2.87. The van der Waals surface area contributed by atoms with Gasteiger partial charge in [0, 0.05) is 12.2 Å². The summed E-state index contributed by atoms with van der Waals surface area (Å²) in [6.45, 7) is 1.18. The molecule has 0 fully saturated rings. The lowest BCUT2D eigenvalue weighted by molar-refractivity contribution is 0.106. The van der Waals surface area contributed by atoms with Gasteiger partial charge in [0.2, 0.25) is 0 Å². The Morgan fingerprint density at radius 2 is 1.74 bits per heavy atom. The van der Waals surface area contributed by atoms with E-state index < -0.39 is 16.1 Å². The Balaban J connectivity index is 1.22. The highest BCUT2D eigenvalue weighted by Crippen LogP contribution is 2.21. The molecule has 0 spiro atoms. The van der Waals surface area contributed by atoms with E-state index in [0.717, 1.165) is 22.8 Å². The molecule has 3 aromatic carbocycles. The fourth-order valence-corrected chi connectivity index (χ4v) is 4.61. The minimum Gasteiger partial charge on any atom is -0.489 e. The molecule has 1 aromatic heterocycles. The molecule has 35 heavy (non-hydrogen) atoms. The van der Waals surface area contributed by atoms with Crippen LogP contribution in [0, 0.1) is 0 Å². The number of aliphatic hydroxyl groups excluding tert-OH is 1. The standard InChI is InChI=1S/C26H28N4O4S/c27-26-12-10-24(17-29-26)34-18-23(31)16-28-14-13-19-5-8-22(9-6-19)30-35(32,33)25-11-7-20-3-1-2-4-21(20)15-25/h1-12,15,17,23,28,30-31H,13-14,16,18H2,(H2,27,29)/t23-/m0/s1. The first kappa shape index (κ1) is 24.5. The molecule has 0 bridgehead atoms. The molecule has 182 valence electrons. The maximum absolute atomic E-state index is 12.8. The largest absolute Gasteiger partial charge is 0.489 e. The number of sulfonamides is 1. The topological polar surface area (TPSA) is 127 Å². The lowest BCUT2D eigenvalue weighted by Crippen LogP contribution is -2.32. The molecule has 0 unspecified atom stereocenters. The Morgan fingerprint density at radius 3 is 2.49 bits per heavy atom. The van der Waals surface area contributed by atoms with Gasteiger partial charge in [-0.25, -0.2) is 13.4 Å². The quantitative estimate of drug-likeness (QED) is 0.237. The first-order chi connectivity index (χ1) is 16.9. The van der Waals surface area contributed by atoms with E-state index in [4.69, 9.17) is 10.5 Å². The molecule has 5 N–H and O–H groups in total. The molecule has 0 aliphatic rings. The lowest BCUT2D eigenvalue weighted by atomic mass is 10.1. The Bertz CT molecular complexity index is 1360. The molecule has 8 nitrogen and oxygen atoms in total. The zero-order valence-corrected chi connectivity index (χ0v) is 19.9. The Labute approximate surface area is 204 Å². The van der Waals surface area contributed by atoms with E-state index in [0.29, 0.717) is 30.3 Å². The van der Waals surface area contributed by atoms with Crippen molar-refractivity contribution in [3.05, 3.63) is 90.6 Å². The van der Waals surface area contributed by atoms with Gasteiger partial charge in [-0.3, -0.25) is 4.72 Å². The maximum Gasteiger partial charge on any atom is 0.261 e. The van der Waals surface area contributed by atoms with Crippen LogP contribution in [0.4, 0.5) is 11.5 Å². The second-order valence-electron chi connectivity index (χ2n) is 8.15. The summed E-state index contributed by atoms with van der Waals surface area (Å²) in [4.78, 5) is 4.16. The normalized spacial score (nSPS) is 12.4. The van der Waals surface area contributed by atoms with E-state index >= 15 is 0 Å². The van der Waals surface area contributed by atoms with Gasteiger partial charge in [0.15, 0.2) is 0 Å². The average molecular weight is 493 g/mol. The molecule has 0 saturated carbocycles. The number of aliphatic hydroxyl groups is 1. The van der Waals surface area contributed by atoms with E-state index in [-0.39, 0.29) is 11.5 Å². The fourth-order valence-electron chi connectivity index (χ4n) is 3.52. The minimum atomic E-state index is -3.69. The van der Waals surface area contributed by atoms with Gasteiger partial charge >= 0.3 is 0 Å². The molecule has 4 rings (SSSR count). The van der Waals surface area contributed by atoms with E-state index in [2.05, 4.69) is 15.0 Å². The number of anilines is 2. The van der Waals surface area contributed by atoms with Gasteiger partial charge in [0.1, 0.15) is 24.3 Å². The first-order valence-corrected chi connectivity index (χ1v) is 12.7. The van der Waals surface area contributed by atoms with Crippen molar-refractivity contribution in [2.24, 2.45) is 0 Å². The number of fused-ring (bicyclic) bond motifs is 1. The van der Waals surface area contributed by atoms with Gasteiger partial charge in [0.25, 0.3) is 10.0 Å². The molecule has 0 aliphatic carbocycles. The number of hydrogen-bond acceptors (Lipinski definition) is 7. The second kappa shape index (κ2) is 11.2. The van der Waals surface area contributed by atoms with Crippen LogP contribution in [0.2, 0.25) is 0 Å². The number of rotatable bonds is 11. The number of benzene rings is 3. The Kier molecular flexibility index (Phi) is 7.81. The van der Waals surface area contributed by atoms with E-state index in [1.165, 1.54) is 6.20 Å². The minimum absolute atomic E-state index is 0.143. The SMILES string of the molecule is Nc1ccc(OC[C@@H](O)CNCCc2ccc(NS(=O)(=O)c3ccc4ccccc4c3)cc2)cn1. The van der Waals surface area contributed by atoms with Crippen LogP contribution in [-0.2, 0) is 16.4 Å². The molecule has 0 aliphatic heterocycles. The van der Waals surface area contributed by atoms with Crippen molar-refractivity contribution >= 4 is 32.3 Å². The van der Waals surface area contributed by atoms with Crippen LogP contribution in [0.25, 0.3) is 10.8 Å². The smallest absolute Gasteiger partial charge is 0.261 e. The molecule has 0 amide bonds. The van der Waals surface area contributed by atoms with Crippen LogP contribution in [0.3, 0.4) is 0 Å². The molecule has 0 saturated heterocycles. The summed E-state index contributed by atoms with van der Waals surface area (Å²) in [5.41, 5.74) is 7.08. The summed E-state index contributed by atoms with van der Waals surface area (Å²) >= 11 is 0. The zero-order valence-electron chi connectivity index (χ0n) is 19.1. The first-order valence-electron chi connectivity index (χ1n) is 11.2. The summed E-state index contributed by atoms with van der Waals surface area (Å²) in [6, 6.07) is 23.3. The lowest BCUT2D eigenvalue weighted by Gasteiger charge is -2.13. The van der Waals surface area contributed by atoms with E-state index in [1.54, 1.807) is 42.5 Å². The van der Waals surface area contributed by atoms with Crippen molar-refractivity contribution in [1.82, 2.24) is 10.3 Å². The number of nitrogens with two attached hydrogens (primary N) is 1. The molecule has 1 heterocycles. The van der Waals surface area contributed by atoms with Crippen LogP contribution >= 0.6 is 0 Å². The van der Waals surface area contributed by atoms with Crippen LogP contribution in [0.5, 0.6) is 5.75 Å². The molecular formula is C26H28N4O4S. The Morgan fingerprint density at radius 1 is 0.971 bits per heavy atom. The molecule has 4 aromatic rings. The fraction of sp³-hybridized carbons (Fsp3) is 0.192. The number of hydrogen-bond donors (Lipinski definition) is 4. The molecular weight excluding hydrogens is 464 g/mol. The number of pyridine rings is 1.